The second-order valence-corrected chi connectivity index (χ2v) is 0. The Morgan fingerprint density at radius 3 is 1.25 bits per heavy atom. The second-order valence-electron chi connectivity index (χ2n) is 0. The van der Waals surface area contributed by atoms with Crippen molar-refractivity contribution in [1.29, 1.82) is 5.26 Å². The van der Waals surface area contributed by atoms with Crippen molar-refractivity contribution in [1.82, 2.24) is 0 Å². The summed E-state index contributed by atoms with van der Waals surface area (Å²) in [5.74, 6) is 0. The van der Waals surface area contributed by atoms with Crippen LogP contribution >= 0.6 is 0 Å². The van der Waals surface area contributed by atoms with E-state index in [1.165, 1.54) is 0 Å². The van der Waals surface area contributed by atoms with Crippen LogP contribution in [0.5, 0.6) is 0 Å². The predicted molar refractivity (Wildman–Crippen MR) is 13.5 cm³/mol. The van der Waals surface area contributed by atoms with E-state index >= 15 is 0 Å². The van der Waals surface area contributed by atoms with Gasteiger partial charge < -0.3 is 11.8 Å². The van der Waals surface area contributed by atoms with E-state index in [4.69, 9.17) is 11.8 Å². The van der Waals surface area contributed by atoms with Gasteiger partial charge in [0.2, 0.25) is 0 Å². The Morgan fingerprint density at radius 1 is 1.25 bits per heavy atom. The molecule has 0 aliphatic rings. The van der Waals surface area contributed by atoms with Gasteiger partial charge in [-0.25, -0.2) is 0 Å². The third kappa shape index (κ3) is 9.42. The molecule has 18 valence electrons. The van der Waals surface area contributed by atoms with E-state index in [9.17, 15) is 0 Å². The van der Waals surface area contributed by atoms with Crippen LogP contribution < -0.4 is 51.4 Å². The minimum atomic E-state index is 0. The zero-order chi connectivity index (χ0) is 2.00. The van der Waals surface area contributed by atoms with Gasteiger partial charge in [-0.05, 0) is 0 Å². The van der Waals surface area contributed by atoms with Gasteiger partial charge in [-0.15, -0.1) is 0 Å². The van der Waals surface area contributed by atoms with E-state index in [0.717, 1.165) is 0 Å². The van der Waals surface area contributed by atoms with Gasteiger partial charge in [0.05, 0.1) is 0 Å². The molecule has 0 fully saturated rings. The van der Waals surface area contributed by atoms with Gasteiger partial charge >= 0.3 is 68.5 Å². The molecule has 0 rings (SSSR count). The van der Waals surface area contributed by atoms with Gasteiger partial charge in [-0.3, -0.25) is 0 Å². The van der Waals surface area contributed by atoms with Crippen molar-refractivity contribution >= 4 is 17.1 Å². The van der Waals surface area contributed by atoms with Gasteiger partial charge in [0.1, 0.15) is 0 Å². The average molecular weight is 146 g/mol. The Kier molecular flexibility index (Phi) is 99.2. The van der Waals surface area contributed by atoms with Crippen LogP contribution in [0.25, 0.3) is 0 Å². The first-order valence-electron chi connectivity index (χ1n) is 0.224. The summed E-state index contributed by atoms with van der Waals surface area (Å²) < 4.78 is 0. The Balaban J connectivity index is -0.00000000500. The van der Waals surface area contributed by atoms with E-state index in [0.29, 0.717) is 0 Å². The minimum absolute atomic E-state index is 0. The molecule has 3 heteroatoms. The summed E-state index contributed by atoms with van der Waals surface area (Å²) in [4.78, 5) is 0. The molecule has 0 saturated carbocycles. The van der Waals surface area contributed by atoms with Crippen LogP contribution in [-0.4, -0.2) is 17.1 Å². The second kappa shape index (κ2) is 22.8. The molecule has 0 aromatic heterocycles. The van der Waals surface area contributed by atoms with E-state index in [-0.39, 0.29) is 68.5 Å². The Labute approximate surface area is 78.7 Å². The normalized spacial score (nSPS) is 0.500. The van der Waals surface area contributed by atoms with E-state index in [1.807, 2.05) is 0 Å². The summed E-state index contributed by atoms with van der Waals surface area (Å²) in [5, 5.41) is 6.25. The maximum atomic E-state index is 6.25. The van der Waals surface area contributed by atoms with Crippen LogP contribution in [0.3, 0.4) is 0 Å². The maximum absolute atomic E-state index is 6.25. The predicted octanol–water partition coefficient (Wildman–Crippen LogP) is -3.82. The van der Waals surface area contributed by atoms with Crippen LogP contribution in [0.2, 0.25) is 0 Å². The third-order valence-electron chi connectivity index (χ3n) is 0. The molecule has 0 N–H and O–H groups in total. The molecule has 0 unspecified atom stereocenters. The van der Waals surface area contributed by atoms with E-state index in [2.05, 4.69) is 0 Å². The van der Waals surface area contributed by atoms with Crippen molar-refractivity contribution in [2.24, 2.45) is 0 Å². The van der Waals surface area contributed by atoms with Gasteiger partial charge in [0.15, 0.2) is 0 Å². The molecule has 0 aliphatic carbocycles. The van der Waals surface area contributed by atoms with Crippen LogP contribution in [0.15, 0.2) is 0 Å². The Morgan fingerprint density at radius 2 is 1.25 bits per heavy atom. The fraction of sp³-hybridized carbons (Fsp3) is 0. The van der Waals surface area contributed by atoms with Crippen molar-refractivity contribution in [2.75, 3.05) is 0 Å². The summed E-state index contributed by atoms with van der Waals surface area (Å²) in [6, 6.07) is 0. The number of rotatable bonds is 0. The van der Waals surface area contributed by atoms with Crippen molar-refractivity contribution in [2.45, 2.75) is 0 Å². The number of nitrogens with zero attached hydrogens (tertiary/aromatic N) is 1. The van der Waals surface area contributed by atoms with Crippen molar-refractivity contribution in [3.63, 3.8) is 0 Å². The third-order valence-corrected chi connectivity index (χ3v) is 0. The molecule has 0 aromatic rings. The fourth-order valence-electron chi connectivity index (χ4n) is 0. The molecule has 0 spiro atoms. The number of hydrogen-bond donors (Lipinski definition) is 0. The van der Waals surface area contributed by atoms with Crippen molar-refractivity contribution in [3.8, 4) is 0 Å². The summed E-state index contributed by atoms with van der Waals surface area (Å²) in [6.45, 7) is 4.75. The van der Waals surface area contributed by atoms with Gasteiger partial charge in [0.25, 0.3) is 0 Å². The molecule has 0 amide bonds. The monoisotopic (exact) mass is 147 g/mol. The van der Waals surface area contributed by atoms with Gasteiger partial charge in [0, 0.05) is 0 Å². The molecule has 0 aromatic carbocycles. The first kappa shape index (κ1) is 17.4. The van der Waals surface area contributed by atoms with Crippen LogP contribution in [0.1, 0.15) is 0 Å². The molecular formula is CH2KNSe. The van der Waals surface area contributed by atoms with Crippen LogP contribution in [0.4, 0.5) is 0 Å². The molecule has 4 heavy (non-hydrogen) atoms. The van der Waals surface area contributed by atoms with Crippen LogP contribution in [0, 0.1) is 11.8 Å². The van der Waals surface area contributed by atoms with Crippen molar-refractivity contribution in [3.05, 3.63) is 6.57 Å². The van der Waals surface area contributed by atoms with E-state index < -0.39 is 0 Å². The summed E-state index contributed by atoms with van der Waals surface area (Å²) in [6.07, 6.45) is 0. The Hall–Kier alpha value is 1.65. The van der Waals surface area contributed by atoms with E-state index in [1.54, 1.807) is 0 Å². The SMILES string of the molecule is [C-]#N.[K+].[SeH2]. The summed E-state index contributed by atoms with van der Waals surface area (Å²) in [5.41, 5.74) is 0. The molecule has 0 saturated heterocycles. The molecule has 0 heterocycles. The quantitative estimate of drug-likeness (QED) is 0.254. The zero-order valence-corrected chi connectivity index (χ0v) is 7.67. The first-order chi connectivity index (χ1) is 1.00. The van der Waals surface area contributed by atoms with Crippen molar-refractivity contribution < 1.29 is 51.4 Å². The topological polar surface area (TPSA) is 23.8 Å². The molecule has 0 atom stereocenters. The zero-order valence-electron chi connectivity index (χ0n) is 2.45. The van der Waals surface area contributed by atoms with Gasteiger partial charge in [-0.1, -0.05) is 0 Å². The first-order valence-corrected chi connectivity index (χ1v) is 0.224. The number of hydrogen-bond acceptors (Lipinski definition) is 1. The van der Waals surface area contributed by atoms with Crippen LogP contribution in [-0.2, 0) is 0 Å². The standard InChI is InChI=1S/CN.K.H2Se/c1-2;;/h;;1H2/q-1;+1;. The fourth-order valence-corrected chi connectivity index (χ4v) is 0. The molecule has 1 nitrogen and oxygen atoms in total. The molecule has 0 aliphatic heterocycles. The average Bonchev–Trinajstić information content (AvgIpc) is 1.00. The molecule has 0 radical (unpaired) electrons. The molecule has 0 bridgehead atoms. The summed E-state index contributed by atoms with van der Waals surface area (Å²) in [7, 11) is 0. The summed E-state index contributed by atoms with van der Waals surface area (Å²) >= 11 is 0. The van der Waals surface area contributed by atoms with Gasteiger partial charge in [-0.2, -0.15) is 0 Å². The Bertz CT molecular complexity index is 12.8. The molecular weight excluding hydrogens is 144 g/mol.